The molecular formula is C17H43NO5. The Morgan fingerprint density at radius 1 is 0.696 bits per heavy atom. The van der Waals surface area contributed by atoms with Gasteiger partial charge in [-0.1, -0.05) is 34.1 Å². The lowest BCUT2D eigenvalue weighted by atomic mass is 10.3. The standard InChI is InChI=1S/C12H27NO5.C3H8.C2H6.H2/c13-3-7-17-11-9-15-5-1-2-6-16-10-12-18-8-4-14;1-3-2;1-2;/h14H,1-13H2;3H2,1-2H3;1-2H3;1H. The molecule has 6 heteroatoms. The first-order valence-electron chi connectivity index (χ1n) is 8.95. The number of aliphatic hydroxyl groups is 1. The molecule has 0 aromatic carbocycles. The zero-order valence-electron chi connectivity index (χ0n) is 15.8. The SMILES string of the molecule is CC.CCC.NCCOCCOCCCCOCCOCCO.[HH]. The van der Waals surface area contributed by atoms with Crippen LogP contribution in [0.3, 0.4) is 0 Å². The molecule has 3 N–H and O–H groups in total. The van der Waals surface area contributed by atoms with Crippen molar-refractivity contribution in [3.63, 3.8) is 0 Å². The van der Waals surface area contributed by atoms with E-state index in [0.29, 0.717) is 46.2 Å². The number of aliphatic hydroxyl groups excluding tert-OH is 1. The quantitative estimate of drug-likeness (QED) is 0.445. The van der Waals surface area contributed by atoms with Crippen LogP contribution in [0.15, 0.2) is 0 Å². The number of unbranched alkanes of at least 4 members (excludes halogenated alkanes) is 1. The summed E-state index contributed by atoms with van der Waals surface area (Å²) in [6, 6.07) is 0. The summed E-state index contributed by atoms with van der Waals surface area (Å²) in [5.74, 6) is 0. The molecule has 0 atom stereocenters. The average molecular weight is 342 g/mol. The Labute approximate surface area is 145 Å². The van der Waals surface area contributed by atoms with E-state index in [-0.39, 0.29) is 8.03 Å². The summed E-state index contributed by atoms with van der Waals surface area (Å²) in [6.45, 7) is 13.6. The van der Waals surface area contributed by atoms with Crippen LogP contribution < -0.4 is 5.73 Å². The van der Waals surface area contributed by atoms with Gasteiger partial charge in [0.15, 0.2) is 0 Å². The van der Waals surface area contributed by atoms with Gasteiger partial charge < -0.3 is 29.8 Å². The molecule has 0 aliphatic heterocycles. The van der Waals surface area contributed by atoms with Crippen molar-refractivity contribution in [2.75, 3.05) is 66.0 Å². The summed E-state index contributed by atoms with van der Waals surface area (Å²) in [5, 5.41) is 8.46. The Bertz CT molecular complexity index is 152. The van der Waals surface area contributed by atoms with Gasteiger partial charge in [-0.25, -0.2) is 0 Å². The van der Waals surface area contributed by atoms with Gasteiger partial charge in [0.2, 0.25) is 0 Å². The van der Waals surface area contributed by atoms with E-state index in [0.717, 1.165) is 26.1 Å². The molecule has 0 bridgehead atoms. The summed E-state index contributed by atoms with van der Waals surface area (Å²) in [7, 11) is 0. The second-order valence-electron chi connectivity index (χ2n) is 4.38. The predicted octanol–water partition coefficient (Wildman–Crippen LogP) is 2.47. The number of rotatable bonds is 15. The van der Waals surface area contributed by atoms with Crippen molar-refractivity contribution < 1.29 is 25.5 Å². The highest BCUT2D eigenvalue weighted by Crippen LogP contribution is 1.92. The molecule has 0 aliphatic rings. The second kappa shape index (κ2) is 33.4. The Kier molecular flexibility index (Phi) is 40.1. The molecule has 0 aromatic heterocycles. The highest BCUT2D eigenvalue weighted by atomic mass is 16.5. The summed E-state index contributed by atoms with van der Waals surface area (Å²) < 4.78 is 20.9. The molecule has 0 amide bonds. The van der Waals surface area contributed by atoms with Crippen LogP contribution in [0, 0.1) is 0 Å². The number of ether oxygens (including phenoxy) is 4. The van der Waals surface area contributed by atoms with Crippen molar-refractivity contribution in [1.82, 2.24) is 0 Å². The van der Waals surface area contributed by atoms with Crippen LogP contribution in [0.2, 0.25) is 0 Å². The Hall–Kier alpha value is -0.240. The Morgan fingerprint density at radius 3 is 1.39 bits per heavy atom. The van der Waals surface area contributed by atoms with Gasteiger partial charge in [0.25, 0.3) is 0 Å². The van der Waals surface area contributed by atoms with Crippen LogP contribution in [-0.4, -0.2) is 71.1 Å². The fourth-order valence-corrected chi connectivity index (χ4v) is 1.20. The largest absolute Gasteiger partial charge is 0.394 e. The van der Waals surface area contributed by atoms with Crippen LogP contribution in [0.4, 0.5) is 0 Å². The predicted molar refractivity (Wildman–Crippen MR) is 98.1 cm³/mol. The number of nitrogens with two attached hydrogens (primary N) is 1. The monoisotopic (exact) mass is 341 g/mol. The molecule has 0 rings (SSSR count). The van der Waals surface area contributed by atoms with Crippen LogP contribution in [-0.2, 0) is 18.9 Å². The first-order chi connectivity index (χ1) is 11.3. The van der Waals surface area contributed by atoms with Crippen LogP contribution >= 0.6 is 0 Å². The van der Waals surface area contributed by atoms with Crippen molar-refractivity contribution in [2.45, 2.75) is 47.0 Å². The van der Waals surface area contributed by atoms with E-state index >= 15 is 0 Å². The lowest BCUT2D eigenvalue weighted by Crippen LogP contribution is -2.12. The first-order valence-corrected chi connectivity index (χ1v) is 8.95. The zero-order valence-corrected chi connectivity index (χ0v) is 15.8. The molecular weight excluding hydrogens is 298 g/mol. The second-order valence-corrected chi connectivity index (χ2v) is 4.38. The molecule has 0 radical (unpaired) electrons. The normalized spacial score (nSPS) is 9.65. The third kappa shape index (κ3) is 39.0. The molecule has 146 valence electrons. The molecule has 0 saturated carbocycles. The minimum Gasteiger partial charge on any atom is -0.394 e. The topological polar surface area (TPSA) is 83.2 Å². The lowest BCUT2D eigenvalue weighted by molar-refractivity contribution is 0.0265. The summed E-state index contributed by atoms with van der Waals surface area (Å²) >= 11 is 0. The molecule has 23 heavy (non-hydrogen) atoms. The molecule has 0 aromatic rings. The van der Waals surface area contributed by atoms with Crippen molar-refractivity contribution >= 4 is 0 Å². The first kappa shape index (κ1) is 27.6. The summed E-state index contributed by atoms with van der Waals surface area (Å²) in [5.41, 5.74) is 5.27. The molecule has 0 unspecified atom stereocenters. The minimum absolute atomic E-state index is 0. The van der Waals surface area contributed by atoms with Gasteiger partial charge in [0.1, 0.15) is 0 Å². The van der Waals surface area contributed by atoms with Gasteiger partial charge in [0.05, 0.1) is 46.2 Å². The Balaban J connectivity index is -0.000000297. The smallest absolute Gasteiger partial charge is 0.0701 e. The summed E-state index contributed by atoms with van der Waals surface area (Å²) in [6.07, 6.45) is 3.21. The maximum Gasteiger partial charge on any atom is 0.0701 e. The van der Waals surface area contributed by atoms with Gasteiger partial charge in [-0.2, -0.15) is 0 Å². The van der Waals surface area contributed by atoms with E-state index in [1.54, 1.807) is 0 Å². The molecule has 0 saturated heterocycles. The molecule has 0 fully saturated rings. The van der Waals surface area contributed by atoms with Crippen LogP contribution in [0.25, 0.3) is 0 Å². The molecule has 0 spiro atoms. The van der Waals surface area contributed by atoms with Gasteiger partial charge >= 0.3 is 0 Å². The van der Waals surface area contributed by atoms with E-state index in [1.807, 2.05) is 13.8 Å². The summed E-state index contributed by atoms with van der Waals surface area (Å²) in [4.78, 5) is 0. The molecule has 0 heterocycles. The third-order valence-electron chi connectivity index (χ3n) is 2.07. The average Bonchev–Trinajstić information content (AvgIpc) is 2.58. The maximum atomic E-state index is 8.46. The van der Waals surface area contributed by atoms with Crippen molar-refractivity contribution in [3.8, 4) is 0 Å². The fraction of sp³-hybridized carbons (Fsp3) is 1.00. The van der Waals surface area contributed by atoms with E-state index in [4.69, 9.17) is 29.8 Å². The fourth-order valence-electron chi connectivity index (χ4n) is 1.20. The van der Waals surface area contributed by atoms with E-state index in [2.05, 4.69) is 13.8 Å². The van der Waals surface area contributed by atoms with Gasteiger partial charge in [0, 0.05) is 21.2 Å². The minimum atomic E-state index is 0. The number of hydrogen-bond donors (Lipinski definition) is 2. The highest BCUT2D eigenvalue weighted by molar-refractivity contribution is 4.40. The zero-order chi connectivity index (χ0) is 18.0. The van der Waals surface area contributed by atoms with Crippen molar-refractivity contribution in [1.29, 1.82) is 0 Å². The van der Waals surface area contributed by atoms with Gasteiger partial charge in [-0.05, 0) is 12.8 Å². The molecule has 0 aliphatic carbocycles. The van der Waals surface area contributed by atoms with Crippen LogP contribution in [0.5, 0.6) is 0 Å². The van der Waals surface area contributed by atoms with Gasteiger partial charge in [-0.15, -0.1) is 0 Å². The molecule has 6 nitrogen and oxygen atoms in total. The van der Waals surface area contributed by atoms with Crippen molar-refractivity contribution in [3.05, 3.63) is 0 Å². The lowest BCUT2D eigenvalue weighted by Gasteiger charge is -2.06. The van der Waals surface area contributed by atoms with Gasteiger partial charge in [-0.3, -0.25) is 0 Å². The highest BCUT2D eigenvalue weighted by Gasteiger charge is 1.92. The third-order valence-corrected chi connectivity index (χ3v) is 2.07. The van der Waals surface area contributed by atoms with E-state index in [1.165, 1.54) is 6.42 Å². The maximum absolute atomic E-state index is 8.46. The Morgan fingerprint density at radius 2 is 1.04 bits per heavy atom. The van der Waals surface area contributed by atoms with E-state index in [9.17, 15) is 0 Å². The number of hydrogen-bond acceptors (Lipinski definition) is 6. The van der Waals surface area contributed by atoms with Crippen molar-refractivity contribution in [2.24, 2.45) is 5.73 Å². The van der Waals surface area contributed by atoms with E-state index < -0.39 is 0 Å². The van der Waals surface area contributed by atoms with Crippen LogP contribution in [0.1, 0.15) is 48.4 Å².